The summed E-state index contributed by atoms with van der Waals surface area (Å²) in [4.78, 5) is 7.87. The van der Waals surface area contributed by atoms with E-state index in [1.165, 1.54) is 17.5 Å². The van der Waals surface area contributed by atoms with E-state index in [4.69, 9.17) is 0 Å². The zero-order valence-electron chi connectivity index (χ0n) is 11.8. The van der Waals surface area contributed by atoms with Crippen molar-refractivity contribution < 1.29 is 4.39 Å². The van der Waals surface area contributed by atoms with Gasteiger partial charge in [-0.25, -0.2) is 4.39 Å². The Bertz CT molecular complexity index is 981. The molecule has 4 rings (SSSR count). The molecule has 1 N–H and O–H groups in total. The quantitative estimate of drug-likeness (QED) is 0.490. The molecule has 106 valence electrons. The number of H-pyrrole nitrogens is 1. The van der Waals surface area contributed by atoms with Crippen molar-refractivity contribution in [2.75, 3.05) is 0 Å². The third-order valence-electron chi connectivity index (χ3n) is 3.72. The Morgan fingerprint density at radius 1 is 0.818 bits per heavy atom. The predicted molar refractivity (Wildman–Crippen MR) is 89.5 cm³/mol. The summed E-state index contributed by atoms with van der Waals surface area (Å²) < 4.78 is 12.9. The number of hydrogen-bond acceptors (Lipinski definition) is 1. The maximum Gasteiger partial charge on any atom is 0.123 e. The largest absolute Gasteiger partial charge is 0.355 e. The molecule has 0 radical (unpaired) electrons. The van der Waals surface area contributed by atoms with Crippen LogP contribution in [0.3, 0.4) is 0 Å². The first kappa shape index (κ1) is 12.8. The summed E-state index contributed by atoms with van der Waals surface area (Å²) in [6.07, 6.45) is 1.75. The molecule has 4 aromatic rings. The fourth-order valence-electron chi connectivity index (χ4n) is 2.61. The van der Waals surface area contributed by atoms with Crippen molar-refractivity contribution >= 4 is 33.7 Å². The Balaban J connectivity index is 1.75. The lowest BCUT2D eigenvalue weighted by Crippen LogP contribution is -1.80. The van der Waals surface area contributed by atoms with E-state index in [9.17, 15) is 4.39 Å². The average molecular weight is 288 g/mol. The molecular weight excluding hydrogens is 275 g/mol. The summed E-state index contributed by atoms with van der Waals surface area (Å²) in [5.41, 5.74) is 3.97. The van der Waals surface area contributed by atoms with E-state index >= 15 is 0 Å². The topological polar surface area (TPSA) is 28.1 Å². The van der Waals surface area contributed by atoms with Gasteiger partial charge in [0.25, 0.3) is 0 Å². The summed E-state index contributed by atoms with van der Waals surface area (Å²) in [5, 5.41) is 2.35. The first-order chi connectivity index (χ1) is 10.8. The number of aliphatic imine (C=N–C) groups is 1. The minimum absolute atomic E-state index is 0.239. The van der Waals surface area contributed by atoms with Crippen LogP contribution in [-0.4, -0.2) is 11.2 Å². The molecule has 0 fully saturated rings. The third-order valence-corrected chi connectivity index (χ3v) is 3.72. The number of para-hydroxylation sites is 1. The van der Waals surface area contributed by atoms with Crippen molar-refractivity contribution in [2.45, 2.75) is 0 Å². The van der Waals surface area contributed by atoms with Crippen molar-refractivity contribution in [1.29, 1.82) is 0 Å². The highest BCUT2D eigenvalue weighted by Gasteiger charge is 2.03. The molecule has 1 aromatic heterocycles. The molecule has 0 aliphatic heterocycles. The Kier molecular flexibility index (Phi) is 2.97. The lowest BCUT2D eigenvalue weighted by Gasteiger charge is -1.96. The number of rotatable bonds is 2. The van der Waals surface area contributed by atoms with Crippen LogP contribution in [0.4, 0.5) is 10.1 Å². The Labute approximate surface area is 126 Å². The molecule has 3 aromatic carbocycles. The number of benzene rings is 3. The van der Waals surface area contributed by atoms with Crippen LogP contribution in [0, 0.1) is 5.82 Å². The van der Waals surface area contributed by atoms with Gasteiger partial charge in [-0.15, -0.1) is 0 Å². The van der Waals surface area contributed by atoms with Crippen LogP contribution in [0.15, 0.2) is 71.7 Å². The van der Waals surface area contributed by atoms with Crippen LogP contribution in [0.2, 0.25) is 0 Å². The van der Waals surface area contributed by atoms with Crippen LogP contribution in [0.5, 0.6) is 0 Å². The molecular formula is C19H13FN2. The van der Waals surface area contributed by atoms with Crippen LogP contribution in [0.1, 0.15) is 5.56 Å². The molecule has 22 heavy (non-hydrogen) atoms. The van der Waals surface area contributed by atoms with Crippen molar-refractivity contribution in [2.24, 2.45) is 4.99 Å². The molecule has 1 heterocycles. The van der Waals surface area contributed by atoms with Gasteiger partial charge in [0.1, 0.15) is 5.82 Å². The lowest BCUT2D eigenvalue weighted by molar-refractivity contribution is 0.628. The van der Waals surface area contributed by atoms with Gasteiger partial charge in [0.15, 0.2) is 0 Å². The zero-order chi connectivity index (χ0) is 14.9. The minimum Gasteiger partial charge on any atom is -0.355 e. The highest BCUT2D eigenvalue weighted by Crippen LogP contribution is 2.28. The van der Waals surface area contributed by atoms with Crippen molar-refractivity contribution in [3.8, 4) is 0 Å². The maximum atomic E-state index is 12.9. The minimum atomic E-state index is -0.239. The van der Waals surface area contributed by atoms with E-state index in [0.29, 0.717) is 0 Å². The van der Waals surface area contributed by atoms with Gasteiger partial charge in [0.2, 0.25) is 0 Å². The Morgan fingerprint density at radius 3 is 2.45 bits per heavy atom. The number of halogens is 1. The third kappa shape index (κ3) is 2.27. The number of aromatic nitrogens is 1. The number of hydrogen-bond donors (Lipinski definition) is 1. The second-order valence-corrected chi connectivity index (χ2v) is 5.21. The summed E-state index contributed by atoms with van der Waals surface area (Å²) in [7, 11) is 0. The standard InChI is InChI=1S/C19H13FN2/c20-14-7-5-13(6-8-14)12-21-15-9-10-19-17(11-15)16-3-1-2-4-18(16)22-19/h1-12,22H. The fourth-order valence-corrected chi connectivity index (χ4v) is 2.61. The summed E-state index contributed by atoms with van der Waals surface area (Å²) in [6.45, 7) is 0. The molecule has 0 atom stereocenters. The summed E-state index contributed by atoms with van der Waals surface area (Å²) in [5.74, 6) is -0.239. The maximum absolute atomic E-state index is 12.9. The van der Waals surface area contributed by atoms with Crippen LogP contribution in [-0.2, 0) is 0 Å². The van der Waals surface area contributed by atoms with Gasteiger partial charge in [0.05, 0.1) is 5.69 Å². The SMILES string of the molecule is Fc1ccc(C=Nc2ccc3[nH]c4ccccc4c3c2)cc1. The molecule has 0 amide bonds. The first-order valence-electron chi connectivity index (χ1n) is 7.10. The summed E-state index contributed by atoms with van der Waals surface area (Å²) >= 11 is 0. The second-order valence-electron chi connectivity index (χ2n) is 5.21. The lowest BCUT2D eigenvalue weighted by atomic mass is 10.1. The average Bonchev–Trinajstić information content (AvgIpc) is 2.92. The first-order valence-corrected chi connectivity index (χ1v) is 7.10. The van der Waals surface area contributed by atoms with Crippen molar-refractivity contribution in [1.82, 2.24) is 4.98 Å². The molecule has 0 bridgehead atoms. The normalized spacial score (nSPS) is 11.7. The number of nitrogens with zero attached hydrogens (tertiary/aromatic N) is 1. The second kappa shape index (κ2) is 5.11. The molecule has 2 nitrogen and oxygen atoms in total. The van der Waals surface area contributed by atoms with E-state index in [1.54, 1.807) is 18.3 Å². The molecule has 0 saturated heterocycles. The number of fused-ring (bicyclic) bond motifs is 3. The van der Waals surface area contributed by atoms with Gasteiger partial charge in [-0.2, -0.15) is 0 Å². The van der Waals surface area contributed by atoms with Crippen LogP contribution >= 0.6 is 0 Å². The van der Waals surface area contributed by atoms with Crippen molar-refractivity contribution in [3.63, 3.8) is 0 Å². The van der Waals surface area contributed by atoms with Gasteiger partial charge in [-0.1, -0.05) is 30.3 Å². The van der Waals surface area contributed by atoms with E-state index in [1.807, 2.05) is 24.3 Å². The van der Waals surface area contributed by atoms with Gasteiger partial charge in [0, 0.05) is 28.0 Å². The molecule has 0 saturated carbocycles. The van der Waals surface area contributed by atoms with Gasteiger partial charge in [-0.3, -0.25) is 4.99 Å². The van der Waals surface area contributed by atoms with Gasteiger partial charge >= 0.3 is 0 Å². The van der Waals surface area contributed by atoms with E-state index < -0.39 is 0 Å². The number of nitrogens with one attached hydrogen (secondary N) is 1. The van der Waals surface area contributed by atoms with Crippen molar-refractivity contribution in [3.05, 3.63) is 78.1 Å². The van der Waals surface area contributed by atoms with E-state index in [-0.39, 0.29) is 5.82 Å². The monoisotopic (exact) mass is 288 g/mol. The molecule has 3 heteroatoms. The van der Waals surface area contributed by atoms with E-state index in [2.05, 4.69) is 28.2 Å². The molecule has 0 aliphatic carbocycles. The van der Waals surface area contributed by atoms with E-state index in [0.717, 1.165) is 27.7 Å². The van der Waals surface area contributed by atoms with Crippen LogP contribution in [0.25, 0.3) is 21.8 Å². The molecule has 0 aliphatic rings. The van der Waals surface area contributed by atoms with Crippen LogP contribution < -0.4 is 0 Å². The highest BCUT2D eigenvalue weighted by molar-refractivity contribution is 6.08. The Hall–Kier alpha value is -2.94. The summed E-state index contributed by atoms with van der Waals surface area (Å²) in [6, 6.07) is 20.6. The highest BCUT2D eigenvalue weighted by atomic mass is 19.1. The number of aromatic amines is 1. The molecule has 0 spiro atoms. The smallest absolute Gasteiger partial charge is 0.123 e. The Morgan fingerprint density at radius 2 is 1.59 bits per heavy atom. The van der Waals surface area contributed by atoms with Gasteiger partial charge < -0.3 is 4.98 Å². The molecule has 0 unspecified atom stereocenters. The van der Waals surface area contributed by atoms with Gasteiger partial charge in [-0.05, 0) is 42.0 Å². The fraction of sp³-hybridized carbons (Fsp3) is 0. The zero-order valence-corrected chi connectivity index (χ0v) is 11.8. The predicted octanol–water partition coefficient (Wildman–Crippen LogP) is 5.21.